The van der Waals surface area contributed by atoms with Gasteiger partial charge in [-0.25, -0.2) is 4.98 Å². The number of nitrogens with two attached hydrogens (primary N) is 2. The lowest BCUT2D eigenvalue weighted by molar-refractivity contribution is 0.415. The van der Waals surface area contributed by atoms with Crippen molar-refractivity contribution in [2.45, 2.75) is 0 Å². The lowest BCUT2D eigenvalue weighted by Gasteiger charge is -2.10. The van der Waals surface area contributed by atoms with Crippen molar-refractivity contribution in [1.29, 1.82) is 10.5 Å². The van der Waals surface area contributed by atoms with Crippen LogP contribution in [0.5, 0.6) is 5.75 Å². The molecule has 0 aliphatic heterocycles. The number of pyridine rings is 1. The second kappa shape index (κ2) is 5.17. The van der Waals surface area contributed by atoms with Crippen LogP contribution in [0.4, 0.5) is 11.5 Å². The van der Waals surface area contributed by atoms with E-state index in [1.54, 1.807) is 31.4 Å². The number of hydrogen-bond acceptors (Lipinski definition) is 6. The van der Waals surface area contributed by atoms with Crippen molar-refractivity contribution >= 4 is 11.5 Å². The Hall–Kier alpha value is -3.25. The van der Waals surface area contributed by atoms with Crippen LogP contribution in [-0.4, -0.2) is 12.1 Å². The molecule has 0 atom stereocenters. The minimum atomic E-state index is 0.00909. The van der Waals surface area contributed by atoms with E-state index in [4.69, 9.17) is 21.5 Å². The summed E-state index contributed by atoms with van der Waals surface area (Å²) in [5.74, 6) is 0.691. The Morgan fingerprint density at radius 1 is 1.05 bits per heavy atom. The molecule has 6 heteroatoms. The molecule has 0 saturated heterocycles. The molecule has 0 spiro atoms. The van der Waals surface area contributed by atoms with E-state index in [1.165, 1.54) is 0 Å². The van der Waals surface area contributed by atoms with Crippen molar-refractivity contribution in [3.8, 4) is 29.1 Å². The minimum absolute atomic E-state index is 0.00909. The molecule has 2 aromatic rings. The lowest BCUT2D eigenvalue weighted by atomic mass is 10.0. The van der Waals surface area contributed by atoms with Crippen molar-refractivity contribution < 1.29 is 4.74 Å². The fraction of sp³-hybridized carbons (Fsp3) is 0.0714. The molecule has 0 bridgehead atoms. The second-order valence-electron chi connectivity index (χ2n) is 3.96. The fourth-order valence-electron chi connectivity index (χ4n) is 1.81. The zero-order chi connectivity index (χ0) is 14.7. The van der Waals surface area contributed by atoms with Gasteiger partial charge in [0.15, 0.2) is 0 Å². The van der Waals surface area contributed by atoms with Gasteiger partial charge in [-0.15, -0.1) is 0 Å². The normalized spacial score (nSPS) is 9.55. The summed E-state index contributed by atoms with van der Waals surface area (Å²) in [5.41, 5.74) is 12.8. The van der Waals surface area contributed by atoms with E-state index in [-0.39, 0.29) is 22.6 Å². The van der Waals surface area contributed by atoms with Crippen molar-refractivity contribution in [3.63, 3.8) is 0 Å². The Bertz CT molecular complexity index is 738. The summed E-state index contributed by atoms with van der Waals surface area (Å²) in [6.45, 7) is 0. The summed E-state index contributed by atoms with van der Waals surface area (Å²) in [4.78, 5) is 4.11. The topological polar surface area (TPSA) is 122 Å². The first-order chi connectivity index (χ1) is 9.62. The quantitative estimate of drug-likeness (QED) is 0.851. The monoisotopic (exact) mass is 265 g/mol. The SMILES string of the molecule is COc1ccc(-c2nc(N)c(C#N)c(N)c2C#N)cc1. The van der Waals surface area contributed by atoms with Crippen molar-refractivity contribution in [2.75, 3.05) is 18.6 Å². The maximum Gasteiger partial charge on any atom is 0.144 e. The molecule has 1 heterocycles. The van der Waals surface area contributed by atoms with Crippen molar-refractivity contribution in [2.24, 2.45) is 0 Å². The Morgan fingerprint density at radius 2 is 1.65 bits per heavy atom. The van der Waals surface area contributed by atoms with Gasteiger partial charge in [0, 0.05) is 5.56 Å². The molecule has 4 N–H and O–H groups in total. The molecule has 2 rings (SSSR count). The molecule has 0 saturated carbocycles. The molecule has 0 amide bonds. The third-order valence-corrected chi connectivity index (χ3v) is 2.85. The lowest BCUT2D eigenvalue weighted by Crippen LogP contribution is -2.05. The summed E-state index contributed by atoms with van der Waals surface area (Å²) >= 11 is 0. The minimum Gasteiger partial charge on any atom is -0.497 e. The third-order valence-electron chi connectivity index (χ3n) is 2.85. The molecule has 0 unspecified atom stereocenters. The van der Waals surface area contributed by atoms with Gasteiger partial charge in [0.2, 0.25) is 0 Å². The first kappa shape index (κ1) is 13.2. The van der Waals surface area contributed by atoms with Gasteiger partial charge in [-0.1, -0.05) is 0 Å². The van der Waals surface area contributed by atoms with E-state index < -0.39 is 0 Å². The van der Waals surface area contributed by atoms with Crippen LogP contribution in [-0.2, 0) is 0 Å². The average molecular weight is 265 g/mol. The van der Waals surface area contributed by atoms with E-state index >= 15 is 0 Å². The summed E-state index contributed by atoms with van der Waals surface area (Å²) in [7, 11) is 1.56. The van der Waals surface area contributed by atoms with Gasteiger partial charge in [0.05, 0.1) is 18.5 Å². The molecule has 6 nitrogen and oxygen atoms in total. The molecule has 98 valence electrons. The number of ether oxygens (including phenoxy) is 1. The summed E-state index contributed by atoms with van der Waals surface area (Å²) in [6, 6.07) is 10.8. The van der Waals surface area contributed by atoms with Crippen LogP contribution < -0.4 is 16.2 Å². The van der Waals surface area contributed by atoms with Gasteiger partial charge in [0.1, 0.15) is 34.8 Å². The number of rotatable bonds is 2. The van der Waals surface area contributed by atoms with Crippen LogP contribution in [0.2, 0.25) is 0 Å². The van der Waals surface area contributed by atoms with Gasteiger partial charge in [-0.3, -0.25) is 0 Å². The van der Waals surface area contributed by atoms with E-state index in [0.29, 0.717) is 17.0 Å². The molecule has 1 aromatic carbocycles. The number of methoxy groups -OCH3 is 1. The first-order valence-electron chi connectivity index (χ1n) is 5.66. The summed E-state index contributed by atoms with van der Waals surface area (Å²) in [6.07, 6.45) is 0. The first-order valence-corrected chi connectivity index (χ1v) is 5.66. The zero-order valence-electron chi connectivity index (χ0n) is 10.7. The summed E-state index contributed by atoms with van der Waals surface area (Å²) in [5, 5.41) is 18.2. The van der Waals surface area contributed by atoms with Crippen LogP contribution in [0.25, 0.3) is 11.3 Å². The summed E-state index contributed by atoms with van der Waals surface area (Å²) < 4.78 is 5.07. The predicted molar refractivity (Wildman–Crippen MR) is 74.5 cm³/mol. The van der Waals surface area contributed by atoms with Crippen LogP contribution in [0.15, 0.2) is 24.3 Å². The maximum absolute atomic E-state index is 9.23. The van der Waals surface area contributed by atoms with Gasteiger partial charge in [-0.2, -0.15) is 10.5 Å². The van der Waals surface area contributed by atoms with Gasteiger partial charge >= 0.3 is 0 Å². The van der Waals surface area contributed by atoms with Gasteiger partial charge < -0.3 is 16.2 Å². The smallest absolute Gasteiger partial charge is 0.144 e. The van der Waals surface area contributed by atoms with Gasteiger partial charge in [-0.05, 0) is 24.3 Å². The van der Waals surface area contributed by atoms with Gasteiger partial charge in [0.25, 0.3) is 0 Å². The molecular formula is C14H11N5O. The Labute approximate surface area is 115 Å². The van der Waals surface area contributed by atoms with Crippen molar-refractivity contribution in [1.82, 2.24) is 4.98 Å². The number of nitrogen functional groups attached to an aromatic ring is 2. The van der Waals surface area contributed by atoms with Crippen LogP contribution in [0, 0.1) is 22.7 Å². The number of benzene rings is 1. The highest BCUT2D eigenvalue weighted by molar-refractivity contribution is 5.81. The molecule has 0 radical (unpaired) electrons. The standard InChI is InChI=1S/C14H11N5O/c1-20-9-4-2-8(3-5-9)13-10(6-15)12(17)11(7-16)14(18)19-13/h2-5H,1H3,(H4,17,18,19). The van der Waals surface area contributed by atoms with E-state index in [9.17, 15) is 5.26 Å². The highest BCUT2D eigenvalue weighted by Crippen LogP contribution is 2.31. The largest absolute Gasteiger partial charge is 0.497 e. The maximum atomic E-state index is 9.23. The molecule has 0 aliphatic carbocycles. The highest BCUT2D eigenvalue weighted by Gasteiger charge is 2.17. The van der Waals surface area contributed by atoms with Crippen LogP contribution in [0.3, 0.4) is 0 Å². The number of aromatic nitrogens is 1. The molecule has 1 aromatic heterocycles. The Morgan fingerprint density at radius 3 is 2.15 bits per heavy atom. The fourth-order valence-corrected chi connectivity index (χ4v) is 1.81. The molecular weight excluding hydrogens is 254 g/mol. The second-order valence-corrected chi connectivity index (χ2v) is 3.96. The predicted octanol–water partition coefficient (Wildman–Crippen LogP) is 1.66. The number of anilines is 2. The van der Waals surface area contributed by atoms with E-state index in [2.05, 4.69) is 4.98 Å². The highest BCUT2D eigenvalue weighted by atomic mass is 16.5. The van der Waals surface area contributed by atoms with E-state index in [1.807, 2.05) is 12.1 Å². The number of nitriles is 2. The third kappa shape index (κ3) is 2.06. The molecule has 0 fully saturated rings. The number of nitrogens with zero attached hydrogens (tertiary/aromatic N) is 3. The average Bonchev–Trinajstić information content (AvgIpc) is 2.47. The number of hydrogen-bond donors (Lipinski definition) is 2. The van der Waals surface area contributed by atoms with Crippen LogP contribution >= 0.6 is 0 Å². The van der Waals surface area contributed by atoms with Crippen molar-refractivity contribution in [3.05, 3.63) is 35.4 Å². The van der Waals surface area contributed by atoms with Crippen LogP contribution in [0.1, 0.15) is 11.1 Å². The molecule has 20 heavy (non-hydrogen) atoms. The molecule has 0 aliphatic rings. The zero-order valence-corrected chi connectivity index (χ0v) is 10.7. The Kier molecular flexibility index (Phi) is 3.41. The van der Waals surface area contributed by atoms with E-state index in [0.717, 1.165) is 0 Å². The Balaban J connectivity index is 2.68.